The summed E-state index contributed by atoms with van der Waals surface area (Å²) in [5.74, 6) is 0.789. The minimum atomic E-state index is -0.00576. The highest BCUT2D eigenvalue weighted by Crippen LogP contribution is 2.23. The summed E-state index contributed by atoms with van der Waals surface area (Å²) < 4.78 is 5.56. The second-order valence-corrected chi connectivity index (χ2v) is 8.45. The molecule has 2 aromatic rings. The number of carbonyl (C=O) groups is 1. The van der Waals surface area contributed by atoms with Crippen LogP contribution in [0.2, 0.25) is 0 Å². The summed E-state index contributed by atoms with van der Waals surface area (Å²) in [5.41, 5.74) is 3.47. The predicted molar refractivity (Wildman–Crippen MR) is 116 cm³/mol. The van der Waals surface area contributed by atoms with Crippen molar-refractivity contribution in [3.63, 3.8) is 0 Å². The molecule has 0 bridgehead atoms. The number of amides is 1. The lowest BCUT2D eigenvalue weighted by Crippen LogP contribution is -2.34. The van der Waals surface area contributed by atoms with Gasteiger partial charge in [0.25, 0.3) is 5.91 Å². The Morgan fingerprint density at radius 2 is 1.72 bits per heavy atom. The van der Waals surface area contributed by atoms with Gasteiger partial charge in [-0.25, -0.2) is 0 Å². The van der Waals surface area contributed by atoms with Crippen LogP contribution in [0.4, 0.5) is 0 Å². The summed E-state index contributed by atoms with van der Waals surface area (Å²) in [7, 11) is 0. The maximum absolute atomic E-state index is 12.3. The van der Waals surface area contributed by atoms with Gasteiger partial charge in [0.05, 0.1) is 6.10 Å². The first-order valence-electron chi connectivity index (χ1n) is 11.0. The van der Waals surface area contributed by atoms with Crippen molar-refractivity contribution in [2.75, 3.05) is 26.2 Å². The molecule has 0 saturated carbocycles. The predicted octanol–water partition coefficient (Wildman–Crippen LogP) is 4.05. The molecule has 2 aromatic carbocycles. The Balaban J connectivity index is 1.20. The molecule has 29 heavy (non-hydrogen) atoms. The van der Waals surface area contributed by atoms with Crippen LogP contribution in [0.25, 0.3) is 0 Å². The Bertz CT molecular complexity index is 761. The summed E-state index contributed by atoms with van der Waals surface area (Å²) in [6, 6.07) is 18.9. The monoisotopic (exact) mass is 392 g/mol. The smallest absolute Gasteiger partial charge is 0.251 e. The first kappa shape index (κ1) is 20.1. The van der Waals surface area contributed by atoms with E-state index >= 15 is 0 Å². The molecule has 4 nitrogen and oxygen atoms in total. The number of carbonyl (C=O) groups excluding carboxylic acids is 1. The van der Waals surface area contributed by atoms with Crippen LogP contribution in [0.5, 0.6) is 0 Å². The Labute approximate surface area is 174 Å². The second-order valence-electron chi connectivity index (χ2n) is 8.45. The molecule has 1 N–H and O–H groups in total. The van der Waals surface area contributed by atoms with Gasteiger partial charge in [-0.05, 0) is 74.4 Å². The van der Waals surface area contributed by atoms with E-state index in [1.165, 1.54) is 30.4 Å². The van der Waals surface area contributed by atoms with E-state index in [1.54, 1.807) is 0 Å². The van der Waals surface area contributed by atoms with Gasteiger partial charge in [-0.15, -0.1) is 0 Å². The molecule has 0 aromatic heterocycles. The van der Waals surface area contributed by atoms with Crippen LogP contribution in [0, 0.1) is 5.92 Å². The lowest BCUT2D eigenvalue weighted by atomic mass is 9.90. The van der Waals surface area contributed by atoms with Crippen LogP contribution in [0.3, 0.4) is 0 Å². The largest absolute Gasteiger partial charge is 0.376 e. The Morgan fingerprint density at radius 1 is 0.966 bits per heavy atom. The molecule has 1 atom stereocenters. The van der Waals surface area contributed by atoms with Crippen molar-refractivity contribution >= 4 is 5.91 Å². The number of hydrogen-bond donors (Lipinski definition) is 1. The third kappa shape index (κ3) is 5.91. The van der Waals surface area contributed by atoms with Gasteiger partial charge in [-0.1, -0.05) is 42.5 Å². The summed E-state index contributed by atoms with van der Waals surface area (Å²) in [6.45, 7) is 4.70. The van der Waals surface area contributed by atoms with Crippen molar-refractivity contribution < 1.29 is 9.53 Å². The number of piperidine rings is 1. The van der Waals surface area contributed by atoms with Crippen LogP contribution in [0.15, 0.2) is 54.6 Å². The maximum Gasteiger partial charge on any atom is 0.251 e. The fourth-order valence-electron chi connectivity index (χ4n) is 4.43. The molecule has 0 unspecified atom stereocenters. The zero-order valence-corrected chi connectivity index (χ0v) is 17.2. The number of nitrogens with one attached hydrogen (secondary N) is 1. The molecule has 2 saturated heterocycles. The van der Waals surface area contributed by atoms with Crippen LogP contribution < -0.4 is 5.32 Å². The van der Waals surface area contributed by atoms with E-state index in [2.05, 4.69) is 52.7 Å². The summed E-state index contributed by atoms with van der Waals surface area (Å²) in [4.78, 5) is 14.8. The number of nitrogens with zero attached hydrogens (tertiary/aromatic N) is 1. The van der Waals surface area contributed by atoms with E-state index in [4.69, 9.17) is 4.74 Å². The molecule has 2 aliphatic rings. The third-order valence-electron chi connectivity index (χ3n) is 6.21. The standard InChI is InChI=1S/C25H32N2O2/c28-25(26-18-24-7-4-16-29-24)23-10-8-22(9-11-23)19-27-14-12-21(13-15-27)17-20-5-2-1-3-6-20/h1-3,5-6,8-11,21,24H,4,7,12-19H2,(H,26,28)/t24-/m0/s1. The minimum Gasteiger partial charge on any atom is -0.376 e. The molecule has 0 radical (unpaired) electrons. The highest BCUT2D eigenvalue weighted by molar-refractivity contribution is 5.94. The van der Waals surface area contributed by atoms with Crippen molar-refractivity contribution in [2.24, 2.45) is 5.92 Å². The highest BCUT2D eigenvalue weighted by Gasteiger charge is 2.20. The van der Waals surface area contributed by atoms with Gasteiger partial charge < -0.3 is 10.1 Å². The van der Waals surface area contributed by atoms with Gasteiger partial charge in [0.15, 0.2) is 0 Å². The number of ether oxygens (including phenoxy) is 1. The fourth-order valence-corrected chi connectivity index (χ4v) is 4.43. The van der Waals surface area contributed by atoms with E-state index in [-0.39, 0.29) is 12.0 Å². The zero-order valence-electron chi connectivity index (χ0n) is 17.2. The topological polar surface area (TPSA) is 41.6 Å². The second kappa shape index (κ2) is 10.0. The molecule has 2 fully saturated rings. The highest BCUT2D eigenvalue weighted by atomic mass is 16.5. The third-order valence-corrected chi connectivity index (χ3v) is 6.21. The van der Waals surface area contributed by atoms with E-state index in [1.807, 2.05) is 12.1 Å². The van der Waals surface area contributed by atoms with Crippen LogP contribution >= 0.6 is 0 Å². The summed E-state index contributed by atoms with van der Waals surface area (Å²) >= 11 is 0. The van der Waals surface area contributed by atoms with Crippen LogP contribution in [0.1, 0.15) is 47.2 Å². The number of rotatable bonds is 7. The molecule has 154 valence electrons. The van der Waals surface area contributed by atoms with Crippen molar-refractivity contribution in [1.82, 2.24) is 10.2 Å². The fraction of sp³-hybridized carbons (Fsp3) is 0.480. The minimum absolute atomic E-state index is 0.00576. The summed E-state index contributed by atoms with van der Waals surface area (Å²) in [5, 5.41) is 2.99. The lowest BCUT2D eigenvalue weighted by Gasteiger charge is -2.32. The first-order chi connectivity index (χ1) is 14.3. The number of hydrogen-bond acceptors (Lipinski definition) is 3. The van der Waals surface area contributed by atoms with Crippen LogP contribution in [-0.2, 0) is 17.7 Å². The van der Waals surface area contributed by atoms with Crippen molar-refractivity contribution in [2.45, 2.75) is 44.8 Å². The molecule has 2 aliphatic heterocycles. The molecule has 2 heterocycles. The molecule has 4 rings (SSSR count). The molecule has 4 heteroatoms. The molecular weight excluding hydrogens is 360 g/mol. The van der Waals surface area contributed by atoms with E-state index in [0.29, 0.717) is 6.54 Å². The average molecular weight is 393 g/mol. The van der Waals surface area contributed by atoms with Crippen molar-refractivity contribution in [3.05, 3.63) is 71.3 Å². The van der Waals surface area contributed by atoms with Gasteiger partial charge in [0.2, 0.25) is 0 Å². The summed E-state index contributed by atoms with van der Waals surface area (Å²) in [6.07, 6.45) is 6.05. The van der Waals surface area contributed by atoms with E-state index in [0.717, 1.165) is 50.6 Å². The van der Waals surface area contributed by atoms with Gasteiger partial charge >= 0.3 is 0 Å². The van der Waals surface area contributed by atoms with Crippen molar-refractivity contribution in [3.8, 4) is 0 Å². The van der Waals surface area contributed by atoms with Gasteiger partial charge in [-0.3, -0.25) is 9.69 Å². The Kier molecular flexibility index (Phi) is 6.96. The first-order valence-corrected chi connectivity index (χ1v) is 11.0. The van der Waals surface area contributed by atoms with E-state index < -0.39 is 0 Å². The van der Waals surface area contributed by atoms with Crippen LogP contribution in [-0.4, -0.2) is 43.2 Å². The lowest BCUT2D eigenvalue weighted by molar-refractivity contribution is 0.0857. The quantitative estimate of drug-likeness (QED) is 0.773. The number of benzene rings is 2. The van der Waals surface area contributed by atoms with Gasteiger partial charge in [0.1, 0.15) is 0 Å². The van der Waals surface area contributed by atoms with Crippen molar-refractivity contribution in [1.29, 1.82) is 0 Å². The van der Waals surface area contributed by atoms with E-state index in [9.17, 15) is 4.79 Å². The normalized spacial score (nSPS) is 20.6. The SMILES string of the molecule is O=C(NC[C@@H]1CCCO1)c1ccc(CN2CCC(Cc3ccccc3)CC2)cc1. The molecule has 0 aliphatic carbocycles. The molecule has 1 amide bonds. The Morgan fingerprint density at radius 3 is 2.41 bits per heavy atom. The van der Waals surface area contributed by atoms with Gasteiger partial charge in [0, 0.05) is 25.3 Å². The zero-order chi connectivity index (χ0) is 19.9. The Hall–Kier alpha value is -2.17. The maximum atomic E-state index is 12.3. The molecule has 0 spiro atoms. The van der Waals surface area contributed by atoms with Gasteiger partial charge in [-0.2, -0.15) is 0 Å². The average Bonchev–Trinajstić information content (AvgIpc) is 3.28. The molecular formula is C25H32N2O2. The number of likely N-dealkylation sites (tertiary alicyclic amines) is 1.